The molecule has 1 aromatic carbocycles. The number of benzene rings is 1. The van der Waals surface area contributed by atoms with Gasteiger partial charge in [0, 0.05) is 13.1 Å². The van der Waals surface area contributed by atoms with Gasteiger partial charge in [0.05, 0.1) is 12.7 Å². The fraction of sp³-hybridized carbons (Fsp3) is 0.417. The zero-order valence-corrected chi connectivity index (χ0v) is 9.63. The van der Waals surface area contributed by atoms with E-state index in [1.54, 1.807) is 4.90 Å². The first-order valence-electron chi connectivity index (χ1n) is 5.70. The highest BCUT2D eigenvalue weighted by molar-refractivity contribution is 5.67. The largest absolute Gasteiger partial charge is 0.445 e. The molecule has 17 heavy (non-hydrogen) atoms. The minimum absolute atomic E-state index is 0.159. The highest BCUT2D eigenvalue weighted by atomic mass is 16.6. The standard InChI is InChI=1S/C12H17N3O2/c13-11-8-15(7-6-14-11)12(16)17-9-10-4-2-1-3-5-10/h1-5,11,14H,6-9,13H2. The van der Waals surface area contributed by atoms with Crippen LogP contribution >= 0.6 is 0 Å². The number of amides is 1. The van der Waals surface area contributed by atoms with E-state index >= 15 is 0 Å². The maximum atomic E-state index is 11.7. The molecule has 2 rings (SSSR count). The summed E-state index contributed by atoms with van der Waals surface area (Å²) in [5.41, 5.74) is 6.70. The first-order valence-corrected chi connectivity index (χ1v) is 5.70. The molecule has 1 unspecified atom stereocenters. The first kappa shape index (κ1) is 11.9. The Labute approximate surface area is 101 Å². The summed E-state index contributed by atoms with van der Waals surface area (Å²) in [4.78, 5) is 13.4. The Morgan fingerprint density at radius 2 is 2.24 bits per heavy atom. The fourth-order valence-electron chi connectivity index (χ4n) is 1.75. The zero-order chi connectivity index (χ0) is 12.1. The van der Waals surface area contributed by atoms with E-state index in [2.05, 4.69) is 5.32 Å². The molecule has 0 aliphatic carbocycles. The molecular weight excluding hydrogens is 218 g/mol. The van der Waals surface area contributed by atoms with Gasteiger partial charge in [-0.3, -0.25) is 5.32 Å². The van der Waals surface area contributed by atoms with Crippen LogP contribution in [0.1, 0.15) is 5.56 Å². The molecule has 0 bridgehead atoms. The molecule has 1 atom stereocenters. The fourth-order valence-corrected chi connectivity index (χ4v) is 1.75. The normalized spacial score (nSPS) is 20.1. The minimum Gasteiger partial charge on any atom is -0.445 e. The lowest BCUT2D eigenvalue weighted by molar-refractivity contribution is 0.0854. The van der Waals surface area contributed by atoms with Gasteiger partial charge in [-0.25, -0.2) is 4.79 Å². The van der Waals surface area contributed by atoms with Crippen molar-refractivity contribution >= 4 is 6.09 Å². The molecule has 1 aromatic rings. The molecule has 92 valence electrons. The Morgan fingerprint density at radius 3 is 2.94 bits per heavy atom. The van der Waals surface area contributed by atoms with E-state index in [1.165, 1.54) is 0 Å². The number of carbonyl (C=O) groups excluding carboxylic acids is 1. The number of nitrogens with two attached hydrogens (primary N) is 1. The molecule has 0 radical (unpaired) electrons. The second-order valence-corrected chi connectivity index (χ2v) is 4.05. The van der Waals surface area contributed by atoms with Crippen molar-refractivity contribution in [1.82, 2.24) is 10.2 Å². The number of piperazine rings is 1. The molecule has 1 aliphatic rings. The van der Waals surface area contributed by atoms with Gasteiger partial charge in [-0.2, -0.15) is 0 Å². The molecular formula is C12H17N3O2. The van der Waals surface area contributed by atoms with Crippen LogP contribution in [0.3, 0.4) is 0 Å². The zero-order valence-electron chi connectivity index (χ0n) is 9.63. The van der Waals surface area contributed by atoms with E-state index < -0.39 is 0 Å². The van der Waals surface area contributed by atoms with Crippen LogP contribution in [0.25, 0.3) is 0 Å². The monoisotopic (exact) mass is 235 g/mol. The molecule has 0 spiro atoms. The maximum Gasteiger partial charge on any atom is 0.410 e. The molecule has 1 fully saturated rings. The molecule has 1 amide bonds. The van der Waals surface area contributed by atoms with Crippen molar-refractivity contribution in [3.8, 4) is 0 Å². The van der Waals surface area contributed by atoms with Crippen LogP contribution in [-0.4, -0.2) is 36.8 Å². The van der Waals surface area contributed by atoms with Crippen molar-refractivity contribution < 1.29 is 9.53 Å². The van der Waals surface area contributed by atoms with Crippen molar-refractivity contribution in [3.63, 3.8) is 0 Å². The molecule has 1 heterocycles. The van der Waals surface area contributed by atoms with Gasteiger partial charge in [-0.05, 0) is 5.56 Å². The Kier molecular flexibility index (Phi) is 3.95. The van der Waals surface area contributed by atoms with E-state index in [4.69, 9.17) is 10.5 Å². The van der Waals surface area contributed by atoms with Gasteiger partial charge < -0.3 is 15.4 Å². The summed E-state index contributed by atoms with van der Waals surface area (Å²) in [5, 5.41) is 3.07. The summed E-state index contributed by atoms with van der Waals surface area (Å²) < 4.78 is 5.22. The van der Waals surface area contributed by atoms with E-state index in [0.717, 1.165) is 5.56 Å². The topological polar surface area (TPSA) is 67.6 Å². The number of rotatable bonds is 2. The van der Waals surface area contributed by atoms with Gasteiger partial charge in [-0.1, -0.05) is 30.3 Å². The lowest BCUT2D eigenvalue weighted by Gasteiger charge is -2.30. The number of carbonyl (C=O) groups is 1. The van der Waals surface area contributed by atoms with Crippen LogP contribution in [0.4, 0.5) is 4.79 Å². The first-order chi connectivity index (χ1) is 8.25. The smallest absolute Gasteiger partial charge is 0.410 e. The second-order valence-electron chi connectivity index (χ2n) is 4.05. The van der Waals surface area contributed by atoms with Crippen molar-refractivity contribution in [3.05, 3.63) is 35.9 Å². The summed E-state index contributed by atoms with van der Waals surface area (Å²) >= 11 is 0. The van der Waals surface area contributed by atoms with Gasteiger partial charge in [-0.15, -0.1) is 0 Å². The van der Waals surface area contributed by atoms with Crippen LogP contribution < -0.4 is 11.1 Å². The molecule has 3 N–H and O–H groups in total. The number of hydrogen-bond acceptors (Lipinski definition) is 4. The van der Waals surface area contributed by atoms with E-state index in [0.29, 0.717) is 26.2 Å². The Hall–Kier alpha value is -1.59. The Morgan fingerprint density at radius 1 is 1.47 bits per heavy atom. The summed E-state index contributed by atoms with van der Waals surface area (Å²) in [6.07, 6.45) is -0.459. The third-order valence-corrected chi connectivity index (χ3v) is 2.67. The van der Waals surface area contributed by atoms with Crippen molar-refractivity contribution in [1.29, 1.82) is 0 Å². The number of hydrogen-bond donors (Lipinski definition) is 2. The average molecular weight is 235 g/mol. The third kappa shape index (κ3) is 3.44. The maximum absolute atomic E-state index is 11.7. The predicted molar refractivity (Wildman–Crippen MR) is 64.2 cm³/mol. The van der Waals surface area contributed by atoms with Gasteiger partial charge in [0.15, 0.2) is 0 Å². The second kappa shape index (κ2) is 5.65. The van der Waals surface area contributed by atoms with Crippen LogP contribution in [0, 0.1) is 0 Å². The molecule has 1 aliphatic heterocycles. The average Bonchev–Trinajstić information content (AvgIpc) is 2.37. The number of nitrogens with one attached hydrogen (secondary N) is 1. The summed E-state index contributed by atoms with van der Waals surface area (Å²) in [5.74, 6) is 0. The van der Waals surface area contributed by atoms with Crippen LogP contribution in [0.2, 0.25) is 0 Å². The summed E-state index contributed by atoms with van der Waals surface area (Å²) in [6.45, 7) is 2.15. The van der Waals surface area contributed by atoms with Crippen LogP contribution in [-0.2, 0) is 11.3 Å². The summed E-state index contributed by atoms with van der Waals surface area (Å²) in [6, 6.07) is 9.63. The van der Waals surface area contributed by atoms with Crippen molar-refractivity contribution in [2.75, 3.05) is 19.6 Å². The lowest BCUT2D eigenvalue weighted by atomic mass is 10.2. The van der Waals surface area contributed by atoms with Gasteiger partial charge in [0.25, 0.3) is 0 Å². The van der Waals surface area contributed by atoms with Gasteiger partial charge in [0.1, 0.15) is 6.61 Å². The molecule has 1 saturated heterocycles. The third-order valence-electron chi connectivity index (χ3n) is 2.67. The highest BCUT2D eigenvalue weighted by Gasteiger charge is 2.21. The quantitative estimate of drug-likeness (QED) is 0.784. The lowest BCUT2D eigenvalue weighted by Crippen LogP contribution is -2.56. The van der Waals surface area contributed by atoms with Crippen molar-refractivity contribution in [2.24, 2.45) is 5.73 Å². The number of nitrogens with zero attached hydrogens (tertiary/aromatic N) is 1. The Balaban J connectivity index is 1.81. The number of ether oxygens (including phenoxy) is 1. The van der Waals surface area contributed by atoms with Gasteiger partial charge in [0.2, 0.25) is 0 Å². The molecule has 0 saturated carbocycles. The minimum atomic E-state index is -0.300. The predicted octanol–water partition coefficient (Wildman–Crippen LogP) is 0.513. The van der Waals surface area contributed by atoms with Crippen LogP contribution in [0.5, 0.6) is 0 Å². The van der Waals surface area contributed by atoms with E-state index in [9.17, 15) is 4.79 Å². The summed E-state index contributed by atoms with van der Waals surface area (Å²) in [7, 11) is 0. The highest BCUT2D eigenvalue weighted by Crippen LogP contribution is 2.04. The molecule has 5 nitrogen and oxygen atoms in total. The molecule has 0 aromatic heterocycles. The van der Waals surface area contributed by atoms with E-state index in [-0.39, 0.29) is 12.3 Å². The van der Waals surface area contributed by atoms with Crippen molar-refractivity contribution in [2.45, 2.75) is 12.8 Å². The van der Waals surface area contributed by atoms with Gasteiger partial charge >= 0.3 is 6.09 Å². The Bertz CT molecular complexity index is 369. The van der Waals surface area contributed by atoms with Crippen LogP contribution in [0.15, 0.2) is 30.3 Å². The molecule has 5 heteroatoms. The van der Waals surface area contributed by atoms with E-state index in [1.807, 2.05) is 30.3 Å². The SMILES string of the molecule is NC1CN(C(=O)OCc2ccccc2)CCN1.